The molecule has 0 unspecified atom stereocenters. The summed E-state index contributed by atoms with van der Waals surface area (Å²) in [7, 11) is 2.17. The Kier molecular flexibility index (Phi) is 31.5. The molecule has 5 aromatic rings. The second-order valence-corrected chi connectivity index (χ2v) is 26.0. The number of nitrogens with one attached hydrogen (secondary N) is 2. The van der Waals surface area contributed by atoms with E-state index in [2.05, 4.69) is 10.6 Å². The molecule has 22 heteroatoms. The first kappa shape index (κ1) is 72.5. The van der Waals surface area contributed by atoms with E-state index in [4.69, 9.17) is 35.3 Å². The minimum atomic E-state index is -2.15. The molecule has 5 rings (SSSR count). The molecule has 0 aromatic heterocycles. The largest absolute Gasteiger partial charge is 0.518 e. The van der Waals surface area contributed by atoms with Gasteiger partial charge in [0.25, 0.3) is 0 Å². The lowest BCUT2D eigenvalue weighted by molar-refractivity contribution is -0.142. The van der Waals surface area contributed by atoms with Crippen molar-refractivity contribution in [3.63, 3.8) is 0 Å². The van der Waals surface area contributed by atoms with Crippen LogP contribution in [0, 0.1) is 5.41 Å². The number of hydrogen-bond acceptors (Lipinski definition) is 13. The van der Waals surface area contributed by atoms with Crippen molar-refractivity contribution in [1.82, 2.24) is 25.3 Å². The van der Waals surface area contributed by atoms with Crippen molar-refractivity contribution in [2.75, 3.05) is 21.1 Å². The van der Waals surface area contributed by atoms with Crippen LogP contribution in [-0.2, 0) is 80.1 Å². The number of halogens is 1. The number of carbonyl (C=O) groups is 9. The van der Waals surface area contributed by atoms with Gasteiger partial charge in [0.2, 0.25) is 25.4 Å². The molecule has 5 amide bonds. The highest BCUT2D eigenvalue weighted by molar-refractivity contribution is 6.71. The molecule has 460 valence electrons. The summed E-state index contributed by atoms with van der Waals surface area (Å²) in [6, 6.07) is 41.5. The molecular formula is C63H82ClN5O15Si. The fourth-order valence-corrected chi connectivity index (χ4v) is 7.52. The van der Waals surface area contributed by atoms with Gasteiger partial charge in [-0.15, -0.1) is 0 Å². The molecule has 0 heterocycles. The number of nitrogens with zero attached hydrogens (tertiary/aromatic N) is 3. The number of likely N-dealkylation sites (N-methyl/N-ethyl adjacent to an activating group) is 3. The Morgan fingerprint density at radius 2 is 0.765 bits per heavy atom. The smallest absolute Gasteiger partial charge is 0.410 e. The van der Waals surface area contributed by atoms with E-state index in [0.29, 0.717) is 6.42 Å². The standard InChI is InChI=1S/C24H32N2O5Si.C21H24N2O5.C12H15NO4.C6H11ClO/c1-18(26(2)24(29)30-17-20-14-10-7-11-15-20)22(27)25-21(23(28)31-32(3,4)5)16-19-12-8-6-9-13-19;1-15(23(2)21(27)28-14-17-11-7-4-8-12-17)19(24)22-18(20(25)26)13-16-9-5-3-6-10-16;1-9(11(14)15)13(2)12(16)17-8-10-6-4-3-5-7-10;1-4-6(2,3)5(7)8/h6-15,18,21H,16-17H2,1-5H3,(H,25,27);3-12,15,18H,13-14H2,1-2H3,(H,22,24)(H,25,26);3-7,9H,8H2,1-2H3,(H,14,15);4H2,1-3H3/t18-,21-;15-,18-;9-;/m000./s1. The summed E-state index contributed by atoms with van der Waals surface area (Å²) >= 11 is 5.23. The van der Waals surface area contributed by atoms with E-state index in [1.807, 2.05) is 168 Å². The van der Waals surface area contributed by atoms with Gasteiger partial charge in [-0.1, -0.05) is 172 Å². The van der Waals surface area contributed by atoms with E-state index in [1.54, 1.807) is 31.2 Å². The van der Waals surface area contributed by atoms with Gasteiger partial charge in [0.05, 0.1) is 0 Å². The summed E-state index contributed by atoms with van der Waals surface area (Å²) in [6.45, 7) is 16.2. The molecule has 0 fully saturated rings. The highest BCUT2D eigenvalue weighted by atomic mass is 35.5. The van der Waals surface area contributed by atoms with Crippen LogP contribution in [0.2, 0.25) is 19.6 Å². The molecule has 5 aromatic carbocycles. The Labute approximate surface area is 504 Å². The van der Waals surface area contributed by atoms with Crippen LogP contribution in [0.5, 0.6) is 0 Å². The zero-order valence-electron chi connectivity index (χ0n) is 50.5. The zero-order chi connectivity index (χ0) is 63.9. The molecule has 0 spiro atoms. The topological polar surface area (TPSA) is 265 Å². The molecule has 20 nitrogen and oxygen atoms in total. The lowest BCUT2D eigenvalue weighted by atomic mass is 9.92. The van der Waals surface area contributed by atoms with Gasteiger partial charge in [-0.2, -0.15) is 0 Å². The predicted molar refractivity (Wildman–Crippen MR) is 325 cm³/mol. The number of carboxylic acids is 2. The van der Waals surface area contributed by atoms with Crippen LogP contribution in [-0.4, -0.2) is 138 Å². The molecule has 0 aliphatic heterocycles. The van der Waals surface area contributed by atoms with Gasteiger partial charge in [0, 0.05) is 39.4 Å². The van der Waals surface area contributed by atoms with E-state index < -0.39 is 86.5 Å². The maximum Gasteiger partial charge on any atom is 0.410 e. The Morgan fingerprint density at radius 3 is 1.02 bits per heavy atom. The highest BCUT2D eigenvalue weighted by Crippen LogP contribution is 2.22. The fourth-order valence-electron chi connectivity index (χ4n) is 6.64. The second-order valence-electron chi connectivity index (χ2n) is 21.2. The van der Waals surface area contributed by atoms with Crippen molar-refractivity contribution < 1.29 is 72.0 Å². The average Bonchev–Trinajstić information content (AvgIpc) is 3.65. The van der Waals surface area contributed by atoms with Crippen LogP contribution in [0.25, 0.3) is 0 Å². The number of rotatable bonds is 23. The maximum absolute atomic E-state index is 12.9. The fraction of sp³-hybridized carbons (Fsp3) is 0.381. The average molecular weight is 1210 g/mol. The van der Waals surface area contributed by atoms with Gasteiger partial charge in [-0.25, -0.2) is 24.0 Å². The van der Waals surface area contributed by atoms with E-state index in [9.17, 15) is 48.3 Å². The minimum absolute atomic E-state index is 0.0874. The van der Waals surface area contributed by atoms with Crippen molar-refractivity contribution in [1.29, 1.82) is 0 Å². The summed E-state index contributed by atoms with van der Waals surface area (Å²) in [6.07, 6.45) is -0.692. The summed E-state index contributed by atoms with van der Waals surface area (Å²) < 4.78 is 21.1. The van der Waals surface area contributed by atoms with Gasteiger partial charge in [-0.3, -0.25) is 33.9 Å². The van der Waals surface area contributed by atoms with Crippen molar-refractivity contribution in [3.8, 4) is 0 Å². The molecule has 0 saturated heterocycles. The Hall–Kier alpha value is -8.56. The number of ether oxygens (including phenoxy) is 3. The number of benzene rings is 5. The van der Waals surface area contributed by atoms with Crippen LogP contribution < -0.4 is 10.6 Å². The van der Waals surface area contributed by atoms with Crippen molar-refractivity contribution in [3.05, 3.63) is 179 Å². The van der Waals surface area contributed by atoms with Crippen LogP contribution in [0.15, 0.2) is 152 Å². The number of amides is 5. The highest BCUT2D eigenvalue weighted by Gasteiger charge is 2.32. The van der Waals surface area contributed by atoms with Gasteiger partial charge in [0.15, 0.2) is 0 Å². The molecule has 85 heavy (non-hydrogen) atoms. The minimum Gasteiger partial charge on any atom is -0.518 e. The molecule has 4 N–H and O–H groups in total. The molecule has 0 radical (unpaired) electrons. The summed E-state index contributed by atoms with van der Waals surface area (Å²) in [5.74, 6) is -3.70. The van der Waals surface area contributed by atoms with Crippen molar-refractivity contribution in [2.45, 2.75) is 130 Å². The molecule has 0 saturated carbocycles. The third-order valence-electron chi connectivity index (χ3n) is 12.9. The Morgan fingerprint density at radius 1 is 0.482 bits per heavy atom. The van der Waals surface area contributed by atoms with E-state index in [0.717, 1.165) is 44.0 Å². The lowest BCUT2D eigenvalue weighted by Crippen LogP contribution is -2.53. The van der Waals surface area contributed by atoms with E-state index in [-0.39, 0.29) is 36.9 Å². The van der Waals surface area contributed by atoms with Gasteiger partial charge in [0.1, 0.15) is 50.0 Å². The molecule has 0 aliphatic rings. The van der Waals surface area contributed by atoms with Crippen LogP contribution >= 0.6 is 11.6 Å². The molecule has 5 atom stereocenters. The number of carboxylic acid groups (broad SMARTS) is 2. The number of carbonyl (C=O) groups excluding carboxylic acids is 7. The van der Waals surface area contributed by atoms with E-state index in [1.165, 1.54) is 39.9 Å². The maximum atomic E-state index is 12.9. The first-order valence-electron chi connectivity index (χ1n) is 27.3. The third-order valence-corrected chi connectivity index (χ3v) is 14.3. The first-order valence-corrected chi connectivity index (χ1v) is 31.1. The van der Waals surface area contributed by atoms with Crippen molar-refractivity contribution >= 4 is 73.2 Å². The SMILES string of the molecule is CCC(C)(C)C(=O)Cl.C[C@@H](C(=O)N[C@@H](Cc1ccccc1)C(=O)O)N(C)C(=O)OCc1ccccc1.C[C@@H](C(=O)N[C@@H](Cc1ccccc1)C(=O)O[Si](C)(C)C)N(C)C(=O)OCc1ccccc1.C[C@@H](C(=O)O)N(C)C(=O)OCc1ccccc1. The van der Waals surface area contributed by atoms with E-state index >= 15 is 0 Å². The number of hydrogen-bond donors (Lipinski definition) is 4. The zero-order valence-corrected chi connectivity index (χ0v) is 52.2. The second kappa shape index (κ2) is 36.9. The quantitative estimate of drug-likeness (QED) is 0.0269. The van der Waals surface area contributed by atoms with Gasteiger partial charge < -0.3 is 39.5 Å². The molecule has 0 aliphatic carbocycles. The number of aliphatic carboxylic acids is 2. The summed E-state index contributed by atoms with van der Waals surface area (Å²) in [4.78, 5) is 110. The van der Waals surface area contributed by atoms with Crippen LogP contribution in [0.3, 0.4) is 0 Å². The summed E-state index contributed by atoms with van der Waals surface area (Å²) in [5.41, 5.74) is 3.89. The van der Waals surface area contributed by atoms with Gasteiger partial charge in [-0.05, 0) is 86.3 Å². The van der Waals surface area contributed by atoms with Gasteiger partial charge >= 0.3 is 36.2 Å². The lowest BCUT2D eigenvalue weighted by Gasteiger charge is -2.27. The summed E-state index contributed by atoms with van der Waals surface area (Å²) in [5, 5.41) is 23.1. The normalized spacial score (nSPS) is 12.4. The Bertz CT molecular complexity index is 2890. The van der Waals surface area contributed by atoms with Crippen molar-refractivity contribution in [2.24, 2.45) is 5.41 Å². The molecular weight excluding hydrogens is 1130 g/mol. The van der Waals surface area contributed by atoms with Crippen LogP contribution in [0.1, 0.15) is 75.8 Å². The van der Waals surface area contributed by atoms with Crippen LogP contribution in [0.4, 0.5) is 14.4 Å². The third kappa shape index (κ3) is 28.0. The molecule has 0 bridgehead atoms. The monoisotopic (exact) mass is 1210 g/mol. The Balaban J connectivity index is 0.000000422. The first-order chi connectivity index (χ1) is 40.0. The predicted octanol–water partition coefficient (Wildman–Crippen LogP) is 10.1.